The molecule has 1 aliphatic rings. The Balaban J connectivity index is 1.53. The fraction of sp³-hybridized carbons (Fsp3) is 0.200. The summed E-state index contributed by atoms with van der Waals surface area (Å²) in [5.74, 6) is -2.05. The highest BCUT2D eigenvalue weighted by atomic mass is 35.5. The van der Waals surface area contributed by atoms with Gasteiger partial charge in [0, 0.05) is 5.69 Å². The minimum absolute atomic E-state index is 0.0312. The first-order valence-corrected chi connectivity index (χ1v) is 9.43. The van der Waals surface area contributed by atoms with Crippen molar-refractivity contribution in [3.05, 3.63) is 64.2 Å². The van der Waals surface area contributed by atoms with E-state index in [0.717, 1.165) is 11.0 Å². The Bertz CT molecular complexity index is 1060. The van der Waals surface area contributed by atoms with Crippen LogP contribution in [0.3, 0.4) is 0 Å². The number of alkyl halides is 3. The number of nitrogens with one attached hydrogen (secondary N) is 2. The lowest BCUT2D eigenvalue weighted by molar-refractivity contribution is -0.137. The Morgan fingerprint density at radius 3 is 2.41 bits per heavy atom. The van der Waals surface area contributed by atoms with E-state index in [1.807, 2.05) is 0 Å². The van der Waals surface area contributed by atoms with Crippen LogP contribution >= 0.6 is 11.6 Å². The average molecular weight is 470 g/mol. The maximum Gasteiger partial charge on any atom is 0.417 e. The molecule has 2 N–H and O–H groups in total. The van der Waals surface area contributed by atoms with E-state index in [0.29, 0.717) is 11.6 Å². The first kappa shape index (κ1) is 23.1. The zero-order chi connectivity index (χ0) is 23.5. The molecule has 8 nitrogen and oxygen atoms in total. The van der Waals surface area contributed by atoms with Gasteiger partial charge in [-0.2, -0.15) is 13.2 Å². The third-order valence-electron chi connectivity index (χ3n) is 4.36. The van der Waals surface area contributed by atoms with Gasteiger partial charge >= 0.3 is 18.2 Å². The van der Waals surface area contributed by atoms with E-state index in [1.165, 1.54) is 30.3 Å². The fourth-order valence-corrected chi connectivity index (χ4v) is 3.00. The summed E-state index contributed by atoms with van der Waals surface area (Å²) in [6.07, 6.45) is -4.69. The van der Waals surface area contributed by atoms with Gasteiger partial charge in [-0.15, -0.1) is 0 Å². The first-order valence-electron chi connectivity index (χ1n) is 9.05. The van der Waals surface area contributed by atoms with E-state index < -0.39 is 41.3 Å². The van der Waals surface area contributed by atoms with E-state index in [2.05, 4.69) is 10.6 Å². The molecule has 0 atom stereocenters. The molecule has 2 aromatic carbocycles. The molecule has 0 spiro atoms. The molecule has 12 heteroatoms. The summed E-state index contributed by atoms with van der Waals surface area (Å²) in [4.78, 5) is 48.2. The Morgan fingerprint density at radius 1 is 1.12 bits per heavy atom. The van der Waals surface area contributed by atoms with Crippen molar-refractivity contribution in [2.24, 2.45) is 0 Å². The molecule has 2 aromatic rings. The molecule has 0 saturated carbocycles. The standard InChI is InChI=1S/C20H15ClF3N3O5/c21-15-6-5-13(7-14(15)20(22,23)24)26-16(28)10-32-18(30)12-3-1-11(2-4-12)9-27-17(29)8-25-19(27)31/h1-7H,8-10H2,(H,25,31)(H,26,28). The van der Waals surface area contributed by atoms with Crippen LogP contribution in [0.5, 0.6) is 0 Å². The number of nitrogens with zero attached hydrogens (tertiary/aromatic N) is 1. The number of carbonyl (C=O) groups is 4. The lowest BCUT2D eigenvalue weighted by Crippen LogP contribution is -2.30. The molecule has 1 fully saturated rings. The molecular weight excluding hydrogens is 455 g/mol. The van der Waals surface area contributed by atoms with E-state index >= 15 is 0 Å². The molecule has 0 aliphatic carbocycles. The molecule has 1 saturated heterocycles. The summed E-state index contributed by atoms with van der Waals surface area (Å²) in [5, 5.41) is 4.07. The summed E-state index contributed by atoms with van der Waals surface area (Å²) in [7, 11) is 0. The van der Waals surface area contributed by atoms with Gasteiger partial charge in [0.15, 0.2) is 6.61 Å². The van der Waals surface area contributed by atoms with E-state index in [4.69, 9.17) is 16.3 Å². The van der Waals surface area contributed by atoms with Crippen LogP contribution in [0.15, 0.2) is 42.5 Å². The number of rotatable bonds is 6. The predicted octanol–water partition coefficient (Wildman–Crippen LogP) is 3.21. The van der Waals surface area contributed by atoms with Gasteiger partial charge in [-0.05, 0) is 35.9 Å². The Kier molecular flexibility index (Phi) is 6.68. The van der Waals surface area contributed by atoms with Gasteiger partial charge in [-0.1, -0.05) is 23.7 Å². The summed E-state index contributed by atoms with van der Waals surface area (Å²) < 4.78 is 43.5. The van der Waals surface area contributed by atoms with Crippen LogP contribution in [0.4, 0.5) is 23.7 Å². The van der Waals surface area contributed by atoms with E-state index in [-0.39, 0.29) is 30.2 Å². The maximum absolute atomic E-state index is 12.9. The number of carbonyl (C=O) groups excluding carboxylic acids is 4. The molecule has 32 heavy (non-hydrogen) atoms. The summed E-state index contributed by atoms with van der Waals surface area (Å²) in [6.45, 7) is -0.769. The van der Waals surface area contributed by atoms with Gasteiger partial charge in [0.1, 0.15) is 0 Å². The second-order valence-corrected chi connectivity index (χ2v) is 7.06. The maximum atomic E-state index is 12.9. The molecule has 1 heterocycles. The molecule has 0 unspecified atom stereocenters. The lowest BCUT2D eigenvalue weighted by atomic mass is 10.1. The zero-order valence-electron chi connectivity index (χ0n) is 16.2. The molecule has 0 radical (unpaired) electrons. The second kappa shape index (κ2) is 9.27. The van der Waals surface area contributed by atoms with Crippen molar-refractivity contribution in [2.75, 3.05) is 18.5 Å². The van der Waals surface area contributed by atoms with Crippen molar-refractivity contribution in [3.63, 3.8) is 0 Å². The monoisotopic (exact) mass is 469 g/mol. The van der Waals surface area contributed by atoms with Crippen LogP contribution < -0.4 is 10.6 Å². The minimum Gasteiger partial charge on any atom is -0.452 e. The summed E-state index contributed by atoms with van der Waals surface area (Å²) >= 11 is 5.52. The Morgan fingerprint density at radius 2 is 1.81 bits per heavy atom. The summed E-state index contributed by atoms with van der Waals surface area (Å²) in [5.41, 5.74) is -0.577. The molecule has 0 aromatic heterocycles. The topological polar surface area (TPSA) is 105 Å². The third kappa shape index (κ3) is 5.55. The number of halogens is 4. The Hall–Kier alpha value is -3.60. The Labute approximate surface area is 184 Å². The van der Waals surface area contributed by atoms with E-state index in [1.54, 1.807) is 0 Å². The largest absolute Gasteiger partial charge is 0.452 e. The smallest absolute Gasteiger partial charge is 0.417 e. The van der Waals surface area contributed by atoms with Crippen LogP contribution in [-0.2, 0) is 27.0 Å². The van der Waals surface area contributed by atoms with Crippen molar-refractivity contribution in [1.29, 1.82) is 0 Å². The zero-order valence-corrected chi connectivity index (χ0v) is 16.9. The molecule has 4 amide bonds. The van der Waals surface area contributed by atoms with Gasteiger partial charge < -0.3 is 15.4 Å². The van der Waals surface area contributed by atoms with Gasteiger partial charge in [0.05, 0.1) is 29.2 Å². The van der Waals surface area contributed by atoms with Gasteiger partial charge in [-0.3, -0.25) is 14.5 Å². The molecule has 0 bridgehead atoms. The number of benzene rings is 2. The van der Waals surface area contributed by atoms with Crippen molar-refractivity contribution in [3.8, 4) is 0 Å². The molecule has 1 aliphatic heterocycles. The first-order chi connectivity index (χ1) is 15.0. The number of imide groups is 1. The van der Waals surface area contributed by atoms with Crippen molar-refractivity contribution < 1.29 is 37.1 Å². The van der Waals surface area contributed by atoms with Crippen molar-refractivity contribution >= 4 is 41.1 Å². The van der Waals surface area contributed by atoms with Crippen molar-refractivity contribution in [2.45, 2.75) is 12.7 Å². The van der Waals surface area contributed by atoms with Crippen LogP contribution in [0.2, 0.25) is 5.02 Å². The highest BCUT2D eigenvalue weighted by molar-refractivity contribution is 6.31. The van der Waals surface area contributed by atoms with Crippen LogP contribution in [0.25, 0.3) is 0 Å². The molecular formula is C20H15ClF3N3O5. The number of esters is 1. The molecule has 3 rings (SSSR count). The van der Waals surface area contributed by atoms with Gasteiger partial charge in [-0.25, -0.2) is 9.59 Å². The van der Waals surface area contributed by atoms with Gasteiger partial charge in [0.25, 0.3) is 5.91 Å². The minimum atomic E-state index is -4.69. The SMILES string of the molecule is O=C(COC(=O)c1ccc(CN2C(=O)CNC2=O)cc1)Nc1ccc(Cl)c(C(F)(F)F)c1. The normalized spacial score (nSPS) is 13.7. The van der Waals surface area contributed by atoms with Gasteiger partial charge in [0.2, 0.25) is 5.91 Å². The number of hydrogen-bond donors (Lipinski definition) is 2. The van der Waals surface area contributed by atoms with Crippen LogP contribution in [0.1, 0.15) is 21.5 Å². The number of hydrogen-bond acceptors (Lipinski definition) is 5. The lowest BCUT2D eigenvalue weighted by Gasteiger charge is -2.13. The van der Waals surface area contributed by atoms with E-state index in [9.17, 15) is 32.3 Å². The average Bonchev–Trinajstić information content (AvgIpc) is 3.05. The number of anilines is 1. The number of urea groups is 1. The second-order valence-electron chi connectivity index (χ2n) is 6.65. The van der Waals surface area contributed by atoms with Crippen LogP contribution in [0, 0.1) is 0 Å². The summed E-state index contributed by atoms with van der Waals surface area (Å²) in [6, 6.07) is 8.16. The number of ether oxygens (including phenoxy) is 1. The molecule has 168 valence electrons. The quantitative estimate of drug-likeness (QED) is 0.499. The number of amides is 4. The van der Waals surface area contributed by atoms with Crippen LogP contribution in [-0.4, -0.2) is 41.9 Å². The third-order valence-corrected chi connectivity index (χ3v) is 4.69. The highest BCUT2D eigenvalue weighted by Gasteiger charge is 2.33. The van der Waals surface area contributed by atoms with Crippen molar-refractivity contribution in [1.82, 2.24) is 10.2 Å². The highest BCUT2D eigenvalue weighted by Crippen LogP contribution is 2.36. The predicted molar refractivity (Wildman–Crippen MR) is 106 cm³/mol. The fourth-order valence-electron chi connectivity index (χ4n) is 2.78.